The number of hydrogen-bond donors (Lipinski definition) is 0. The molecule has 2 aliphatic heterocycles. The number of fused-ring (bicyclic) bond motifs is 3. The summed E-state index contributed by atoms with van der Waals surface area (Å²) in [7, 11) is 0. The third kappa shape index (κ3) is 0.620. The van der Waals surface area contributed by atoms with Crippen molar-refractivity contribution < 1.29 is 0 Å². The van der Waals surface area contributed by atoms with Gasteiger partial charge in [0, 0.05) is 11.6 Å². The zero-order valence-corrected chi connectivity index (χ0v) is 6.69. The molecule has 12 heavy (non-hydrogen) atoms. The van der Waals surface area contributed by atoms with Crippen LogP contribution in [0.4, 0.5) is 0 Å². The topological polar surface area (TPSA) is 56.0 Å². The molecule has 0 aromatic carbocycles. The molecule has 0 atom stereocenters. The summed E-state index contributed by atoms with van der Waals surface area (Å²) in [6.07, 6.45) is 3.40. The number of rotatable bonds is 0. The van der Waals surface area contributed by atoms with Gasteiger partial charge in [-0.2, -0.15) is 0 Å². The molecule has 0 amide bonds. The molecule has 1 aromatic heterocycles. The fourth-order valence-corrected chi connectivity index (χ4v) is 1.74. The molecule has 3 heterocycles. The Morgan fingerprint density at radius 2 is 2.25 bits per heavy atom. The molecule has 0 unspecified atom stereocenters. The van der Waals surface area contributed by atoms with Crippen molar-refractivity contribution in [3.63, 3.8) is 0 Å². The molecule has 58 valence electrons. The number of imidazole rings is 1. The molecule has 6 heteroatoms. The van der Waals surface area contributed by atoms with Crippen molar-refractivity contribution in [1.82, 2.24) is 24.6 Å². The maximum atomic E-state index is 4.08. The second-order valence-electron chi connectivity index (χ2n) is 2.28. The largest absolute Gasteiger partial charge is 0.272 e. The van der Waals surface area contributed by atoms with E-state index < -0.39 is 0 Å². The van der Waals surface area contributed by atoms with Gasteiger partial charge in [0.1, 0.15) is 6.33 Å². The second-order valence-corrected chi connectivity index (χ2v) is 3.15. The summed E-state index contributed by atoms with van der Waals surface area (Å²) in [6.45, 7) is 0. The SMILES string of the molecule is c1nc2nnc3sccn3c-2n1. The van der Waals surface area contributed by atoms with Crippen LogP contribution in [0, 0.1) is 0 Å². The minimum absolute atomic E-state index is 0.589. The van der Waals surface area contributed by atoms with Gasteiger partial charge in [-0.15, -0.1) is 21.5 Å². The summed E-state index contributed by atoms with van der Waals surface area (Å²) in [6, 6.07) is 0. The van der Waals surface area contributed by atoms with Crippen molar-refractivity contribution in [2.24, 2.45) is 0 Å². The standard InChI is InChI=1S/C6H3N5S/c1-2-12-6-10-9-4-5(11(1)6)8-3-7-4/h1-3H. The van der Waals surface area contributed by atoms with E-state index in [4.69, 9.17) is 0 Å². The lowest BCUT2D eigenvalue weighted by Crippen LogP contribution is -1.97. The molecule has 0 fully saturated rings. The van der Waals surface area contributed by atoms with E-state index in [1.54, 1.807) is 0 Å². The van der Waals surface area contributed by atoms with Crippen LogP contribution in [-0.2, 0) is 0 Å². The van der Waals surface area contributed by atoms with Crippen molar-refractivity contribution in [2.45, 2.75) is 0 Å². The Balaban J connectivity index is 2.61. The van der Waals surface area contributed by atoms with Gasteiger partial charge in [-0.25, -0.2) is 9.97 Å². The molecular formula is C6H3N5S. The highest BCUT2D eigenvalue weighted by Gasteiger charge is 2.11. The fourth-order valence-electron chi connectivity index (χ4n) is 1.09. The van der Waals surface area contributed by atoms with Crippen molar-refractivity contribution in [3.05, 3.63) is 17.9 Å². The van der Waals surface area contributed by atoms with Crippen LogP contribution >= 0.6 is 11.3 Å². The molecule has 2 aliphatic rings. The Hall–Kier alpha value is -1.56. The number of hydrogen-bond acceptors (Lipinski definition) is 5. The van der Waals surface area contributed by atoms with Crippen molar-refractivity contribution in [1.29, 1.82) is 0 Å². The Bertz CT molecular complexity index is 498. The zero-order valence-electron chi connectivity index (χ0n) is 5.88. The van der Waals surface area contributed by atoms with E-state index in [2.05, 4.69) is 20.2 Å². The fraction of sp³-hybridized carbons (Fsp3) is 0. The molecule has 5 nitrogen and oxygen atoms in total. The molecule has 0 saturated carbocycles. The smallest absolute Gasteiger partial charge is 0.219 e. The van der Waals surface area contributed by atoms with E-state index in [1.807, 2.05) is 16.0 Å². The first-order chi connectivity index (χ1) is 5.95. The lowest BCUT2D eigenvalue weighted by molar-refractivity contribution is 0.965. The van der Waals surface area contributed by atoms with Crippen LogP contribution < -0.4 is 0 Å². The maximum Gasteiger partial charge on any atom is 0.219 e. The highest BCUT2D eigenvalue weighted by molar-refractivity contribution is 7.15. The summed E-state index contributed by atoms with van der Waals surface area (Å²) in [5, 5.41) is 9.82. The molecule has 0 bridgehead atoms. The van der Waals surface area contributed by atoms with Crippen LogP contribution in [0.3, 0.4) is 0 Å². The van der Waals surface area contributed by atoms with Crippen LogP contribution in [0.5, 0.6) is 0 Å². The van der Waals surface area contributed by atoms with Gasteiger partial charge >= 0.3 is 0 Å². The monoisotopic (exact) mass is 177 g/mol. The Labute approximate surface area is 71.1 Å². The van der Waals surface area contributed by atoms with Crippen LogP contribution in [0.2, 0.25) is 0 Å². The first-order valence-electron chi connectivity index (χ1n) is 3.34. The first-order valence-corrected chi connectivity index (χ1v) is 4.22. The van der Waals surface area contributed by atoms with Crippen LogP contribution in [0.15, 0.2) is 17.9 Å². The van der Waals surface area contributed by atoms with Gasteiger partial charge in [-0.05, 0) is 0 Å². The second kappa shape index (κ2) is 1.98. The van der Waals surface area contributed by atoms with E-state index in [-0.39, 0.29) is 0 Å². The van der Waals surface area contributed by atoms with Gasteiger partial charge in [-0.3, -0.25) is 4.40 Å². The number of aromatic nitrogens is 5. The molecule has 1 aromatic rings. The van der Waals surface area contributed by atoms with E-state index in [0.29, 0.717) is 5.82 Å². The van der Waals surface area contributed by atoms with Crippen molar-refractivity contribution >= 4 is 16.3 Å². The molecule has 0 N–H and O–H groups in total. The van der Waals surface area contributed by atoms with Gasteiger partial charge in [0.25, 0.3) is 0 Å². The van der Waals surface area contributed by atoms with Crippen LogP contribution in [0.25, 0.3) is 16.6 Å². The minimum atomic E-state index is 0.589. The summed E-state index contributed by atoms with van der Waals surface area (Å²) < 4.78 is 1.88. The van der Waals surface area contributed by atoms with Crippen LogP contribution in [0.1, 0.15) is 0 Å². The maximum absolute atomic E-state index is 4.08. The Kier molecular flexibility index (Phi) is 0.991. The Morgan fingerprint density at radius 3 is 3.25 bits per heavy atom. The zero-order chi connectivity index (χ0) is 7.97. The molecular weight excluding hydrogens is 174 g/mol. The molecule has 0 radical (unpaired) electrons. The van der Waals surface area contributed by atoms with Crippen molar-refractivity contribution in [2.75, 3.05) is 0 Å². The predicted octanol–water partition coefficient (Wildman–Crippen LogP) is 0.686. The quantitative estimate of drug-likeness (QED) is 0.507. The molecule has 0 aliphatic carbocycles. The lowest BCUT2D eigenvalue weighted by Gasteiger charge is -1.95. The van der Waals surface area contributed by atoms with E-state index in [1.165, 1.54) is 17.7 Å². The highest BCUT2D eigenvalue weighted by Crippen LogP contribution is 2.17. The van der Waals surface area contributed by atoms with Gasteiger partial charge in [-0.1, -0.05) is 0 Å². The van der Waals surface area contributed by atoms with E-state index in [0.717, 1.165) is 10.8 Å². The van der Waals surface area contributed by atoms with E-state index >= 15 is 0 Å². The van der Waals surface area contributed by atoms with Crippen LogP contribution in [-0.4, -0.2) is 24.6 Å². The first kappa shape index (κ1) is 6.01. The van der Waals surface area contributed by atoms with Crippen molar-refractivity contribution in [3.8, 4) is 11.6 Å². The number of nitrogens with zero attached hydrogens (tertiary/aromatic N) is 5. The summed E-state index contributed by atoms with van der Waals surface area (Å²) in [4.78, 5) is 8.86. The average molecular weight is 177 g/mol. The van der Waals surface area contributed by atoms with Gasteiger partial charge < -0.3 is 0 Å². The van der Waals surface area contributed by atoms with E-state index in [9.17, 15) is 0 Å². The average Bonchev–Trinajstić information content (AvgIpc) is 2.71. The summed E-state index contributed by atoms with van der Waals surface area (Å²) in [5.74, 6) is 1.35. The molecule has 0 saturated heterocycles. The third-order valence-electron chi connectivity index (χ3n) is 1.61. The summed E-state index contributed by atoms with van der Waals surface area (Å²) in [5.41, 5.74) is 0. The lowest BCUT2D eigenvalue weighted by atomic mass is 10.6. The highest BCUT2D eigenvalue weighted by atomic mass is 32.1. The molecule has 0 spiro atoms. The normalized spacial score (nSPS) is 11.3. The number of thiazole rings is 1. The minimum Gasteiger partial charge on any atom is -0.272 e. The van der Waals surface area contributed by atoms with Gasteiger partial charge in [0.05, 0.1) is 0 Å². The van der Waals surface area contributed by atoms with Gasteiger partial charge in [0.15, 0.2) is 5.82 Å². The predicted molar refractivity (Wildman–Crippen MR) is 43.1 cm³/mol. The molecule has 3 rings (SSSR count). The third-order valence-corrected chi connectivity index (χ3v) is 2.35. The summed E-state index contributed by atoms with van der Waals surface area (Å²) >= 11 is 1.53. The van der Waals surface area contributed by atoms with Gasteiger partial charge in [0.2, 0.25) is 10.8 Å². The Morgan fingerprint density at radius 1 is 1.25 bits per heavy atom.